The number of amides is 1. The molecule has 0 aromatic carbocycles. The van der Waals surface area contributed by atoms with Gasteiger partial charge in [0.2, 0.25) is 0 Å². The van der Waals surface area contributed by atoms with Gasteiger partial charge >= 0.3 is 41.9 Å². The van der Waals surface area contributed by atoms with Gasteiger partial charge in [0, 0.05) is 38.8 Å². The predicted octanol–water partition coefficient (Wildman–Crippen LogP) is 11.7. The lowest BCUT2D eigenvalue weighted by Gasteiger charge is -2.27. The van der Waals surface area contributed by atoms with Gasteiger partial charge in [0.1, 0.15) is 45.2 Å². The molecule has 0 fully saturated rings. The zero-order valence-corrected chi connectivity index (χ0v) is 43.8. The van der Waals surface area contributed by atoms with Crippen LogP contribution < -0.4 is 0 Å². The van der Waals surface area contributed by atoms with E-state index in [9.17, 15) is 33.6 Å². The van der Waals surface area contributed by atoms with Gasteiger partial charge in [-0.05, 0) is 46.5 Å². The van der Waals surface area contributed by atoms with Crippen LogP contribution in [0.2, 0.25) is 0 Å². The summed E-state index contributed by atoms with van der Waals surface area (Å²) in [6.45, 7) is 12.6. The van der Waals surface area contributed by atoms with Gasteiger partial charge in [-0.25, -0.2) is 4.79 Å². The van der Waals surface area contributed by atoms with Gasteiger partial charge in [0.25, 0.3) is 0 Å². The molecular weight excluding hydrogens is 875 g/mol. The lowest BCUT2D eigenvalue weighted by molar-refractivity contribution is -0.156. The molecule has 0 heterocycles. The topological polar surface area (TPSA) is 187 Å². The van der Waals surface area contributed by atoms with Gasteiger partial charge < -0.3 is 38.1 Å². The summed E-state index contributed by atoms with van der Waals surface area (Å²) < 4.78 is 38.7. The van der Waals surface area contributed by atoms with E-state index in [4.69, 9.17) is 33.2 Å². The van der Waals surface area contributed by atoms with Gasteiger partial charge in [-0.15, -0.1) is 0 Å². The van der Waals surface area contributed by atoms with Crippen LogP contribution in [0.4, 0.5) is 4.79 Å². The molecule has 0 aliphatic rings. The monoisotopic (exact) mass is 970 g/mol. The Morgan fingerprint density at radius 2 is 0.559 bits per heavy atom. The normalized spacial score (nSPS) is 11.7. The van der Waals surface area contributed by atoms with Crippen molar-refractivity contribution in [2.75, 3.05) is 52.7 Å². The van der Waals surface area contributed by atoms with Crippen LogP contribution >= 0.6 is 0 Å². The van der Waals surface area contributed by atoms with Crippen LogP contribution in [0.1, 0.15) is 228 Å². The molecule has 0 spiro atoms. The van der Waals surface area contributed by atoms with E-state index < -0.39 is 35.5 Å². The number of rotatable bonds is 44. The molecule has 15 nitrogen and oxygen atoms in total. The minimum Gasteiger partial charge on any atom is -0.465 e. The number of unbranched alkanes of at least 4 members (excludes halogenated alkanes) is 18. The van der Waals surface area contributed by atoms with Gasteiger partial charge in [-0.1, -0.05) is 143 Å². The van der Waals surface area contributed by atoms with Crippen molar-refractivity contribution in [3.63, 3.8) is 0 Å². The van der Waals surface area contributed by atoms with Gasteiger partial charge in [-0.2, -0.15) is 0 Å². The Balaban J connectivity index is 5.47. The van der Waals surface area contributed by atoms with E-state index in [1.54, 1.807) is 20.8 Å². The van der Waals surface area contributed by atoms with E-state index in [0.29, 0.717) is 12.8 Å². The summed E-state index contributed by atoms with van der Waals surface area (Å²) >= 11 is 0. The van der Waals surface area contributed by atoms with Crippen LogP contribution in [0, 0.1) is 11.8 Å². The van der Waals surface area contributed by atoms with Crippen molar-refractivity contribution in [1.29, 1.82) is 0 Å². The SMILES string of the molecule is CCCCCCCCC(=O)OCC(COC(=O)CCCCCC)COC(=O)CCN(CCC(=O)OCC(COC(=O)CCCCCCCC)COC(=O)CCCCCCCC)C(=O)OC(C)(C)C. The standard InChI is InChI=1S/C53H95NO14/c1-8-12-16-20-23-27-31-47(56)63-39-44(38-62-46(55)30-26-19-15-11-4)42-66-50(59)34-36-54(52(61)68-53(5,6)7)37-35-51(60)67-43-45(40-64-48(57)32-28-24-21-17-13-9-2)41-65-49(58)33-29-25-22-18-14-10-3/h44-45H,8-43H2,1-7H3. The van der Waals surface area contributed by atoms with Crippen molar-refractivity contribution in [2.24, 2.45) is 11.8 Å². The Hall–Kier alpha value is -3.91. The zero-order valence-electron chi connectivity index (χ0n) is 43.8. The molecule has 1 unspecified atom stereocenters. The number of carbonyl (C=O) groups excluding carboxylic acids is 7. The van der Waals surface area contributed by atoms with Crippen LogP contribution in [-0.4, -0.2) is 105 Å². The molecule has 0 aliphatic heterocycles. The summed E-state index contributed by atoms with van der Waals surface area (Å²) in [6, 6.07) is 0. The second-order valence-corrected chi connectivity index (χ2v) is 19.2. The van der Waals surface area contributed by atoms with Crippen molar-refractivity contribution < 1.29 is 66.7 Å². The lowest BCUT2D eigenvalue weighted by atomic mass is 10.1. The molecule has 0 saturated carbocycles. The van der Waals surface area contributed by atoms with Crippen molar-refractivity contribution in [3.8, 4) is 0 Å². The Morgan fingerprint density at radius 3 is 0.809 bits per heavy atom. The van der Waals surface area contributed by atoms with E-state index >= 15 is 0 Å². The molecule has 396 valence electrons. The van der Waals surface area contributed by atoms with Gasteiger partial charge in [-0.3, -0.25) is 28.8 Å². The average Bonchev–Trinajstić information content (AvgIpc) is 3.29. The third kappa shape index (κ3) is 41.1. The quantitative estimate of drug-likeness (QED) is 0.0319. The first-order valence-electron chi connectivity index (χ1n) is 26.5. The molecule has 0 aromatic rings. The molecule has 0 bridgehead atoms. The van der Waals surface area contributed by atoms with E-state index in [-0.39, 0.29) is 115 Å². The highest BCUT2D eigenvalue weighted by atomic mass is 16.6. The molecule has 0 aliphatic carbocycles. The molecule has 0 saturated heterocycles. The van der Waals surface area contributed by atoms with Crippen molar-refractivity contribution in [2.45, 2.75) is 234 Å². The van der Waals surface area contributed by atoms with Crippen LogP contribution in [0.5, 0.6) is 0 Å². The smallest absolute Gasteiger partial charge is 0.410 e. The number of hydrogen-bond acceptors (Lipinski definition) is 14. The summed E-state index contributed by atoms with van der Waals surface area (Å²) in [4.78, 5) is 90.7. The summed E-state index contributed by atoms with van der Waals surface area (Å²) in [6.07, 6.45) is 22.0. The van der Waals surface area contributed by atoms with Crippen LogP contribution in [0.3, 0.4) is 0 Å². The molecule has 0 rings (SSSR count). The molecule has 0 N–H and O–H groups in total. The van der Waals surface area contributed by atoms with Crippen LogP contribution in [0.25, 0.3) is 0 Å². The van der Waals surface area contributed by atoms with Gasteiger partial charge in [0.05, 0.1) is 24.7 Å². The fourth-order valence-electron chi connectivity index (χ4n) is 6.90. The minimum atomic E-state index is -0.865. The number of ether oxygens (including phenoxy) is 7. The van der Waals surface area contributed by atoms with Gasteiger partial charge in [0.15, 0.2) is 0 Å². The number of nitrogens with zero attached hydrogens (tertiary/aromatic N) is 1. The Morgan fingerprint density at radius 1 is 0.338 bits per heavy atom. The van der Waals surface area contributed by atoms with E-state index in [1.807, 2.05) is 0 Å². The summed E-state index contributed by atoms with van der Waals surface area (Å²) in [5.74, 6) is -3.98. The fourth-order valence-corrected chi connectivity index (χ4v) is 6.90. The molecule has 68 heavy (non-hydrogen) atoms. The predicted molar refractivity (Wildman–Crippen MR) is 263 cm³/mol. The van der Waals surface area contributed by atoms with E-state index in [0.717, 1.165) is 109 Å². The second-order valence-electron chi connectivity index (χ2n) is 19.2. The first kappa shape index (κ1) is 64.1. The largest absolute Gasteiger partial charge is 0.465 e. The Labute approximate surface area is 410 Å². The third-order valence-corrected chi connectivity index (χ3v) is 11.1. The molecule has 0 radical (unpaired) electrons. The maximum Gasteiger partial charge on any atom is 0.410 e. The summed E-state index contributed by atoms with van der Waals surface area (Å²) in [5.41, 5.74) is -0.865. The summed E-state index contributed by atoms with van der Waals surface area (Å²) in [5, 5.41) is 0. The first-order valence-corrected chi connectivity index (χ1v) is 26.5. The molecular formula is C53H95NO14. The summed E-state index contributed by atoms with van der Waals surface area (Å²) in [7, 11) is 0. The van der Waals surface area contributed by atoms with Crippen molar-refractivity contribution in [3.05, 3.63) is 0 Å². The first-order chi connectivity index (χ1) is 32.6. The average molecular weight is 970 g/mol. The van der Waals surface area contributed by atoms with E-state index in [1.165, 1.54) is 24.2 Å². The highest BCUT2D eigenvalue weighted by Crippen LogP contribution is 2.15. The molecule has 1 amide bonds. The third-order valence-electron chi connectivity index (χ3n) is 11.1. The maximum absolute atomic E-state index is 13.3. The number of carbonyl (C=O) groups is 7. The number of esters is 6. The Kier molecular flexibility index (Phi) is 40.7. The molecule has 1 atom stereocenters. The Bertz CT molecular complexity index is 1320. The van der Waals surface area contributed by atoms with Crippen molar-refractivity contribution >= 4 is 41.9 Å². The van der Waals surface area contributed by atoms with Crippen molar-refractivity contribution in [1.82, 2.24) is 4.90 Å². The van der Waals surface area contributed by atoms with Crippen LogP contribution in [0.15, 0.2) is 0 Å². The minimum absolute atomic E-state index is 0.0949. The molecule has 0 aromatic heterocycles. The number of hydrogen-bond donors (Lipinski definition) is 0. The molecule has 15 heteroatoms. The highest BCUT2D eigenvalue weighted by Gasteiger charge is 2.25. The highest BCUT2D eigenvalue weighted by molar-refractivity contribution is 5.74. The second kappa shape index (κ2) is 43.1. The lowest BCUT2D eigenvalue weighted by Crippen LogP contribution is -2.39. The maximum atomic E-state index is 13.3. The fraction of sp³-hybridized carbons (Fsp3) is 0.868. The van der Waals surface area contributed by atoms with Crippen LogP contribution in [-0.2, 0) is 61.9 Å². The van der Waals surface area contributed by atoms with E-state index in [2.05, 4.69) is 27.7 Å². The zero-order chi connectivity index (χ0) is 50.7.